The Morgan fingerprint density at radius 3 is 2.08 bits per heavy atom. The number of carboxylic acid groups (broad SMARTS) is 1. The van der Waals surface area contributed by atoms with E-state index in [-0.39, 0.29) is 28.9 Å². The van der Waals surface area contributed by atoms with Crippen LogP contribution in [-0.4, -0.2) is 38.5 Å². The molecule has 0 bridgehead atoms. The molecule has 1 heterocycles. The Bertz CT molecular complexity index is 1560. The standard InChI is InChI=1S/C30H30N4O6/c1-19(21-12-8-5-9-13-21)40-30(39)32-26-25(28(36)34(3)33(26)2)22-14-16-23(17-15-22)27(35)31-24(29(37)38)18-20-10-6-4-7-11-20/h4-17,19,24H,18H2,1-3H3,(H,31,35)(H,32,39)(H,37,38). The number of nitrogens with one attached hydrogen (secondary N) is 2. The van der Waals surface area contributed by atoms with Crippen molar-refractivity contribution in [1.29, 1.82) is 0 Å². The molecule has 0 fully saturated rings. The molecule has 0 aliphatic carbocycles. The van der Waals surface area contributed by atoms with Crippen molar-refractivity contribution in [2.45, 2.75) is 25.5 Å². The first-order chi connectivity index (χ1) is 19.2. The number of carbonyl (C=O) groups excluding carboxylic acids is 2. The van der Waals surface area contributed by atoms with E-state index in [0.29, 0.717) is 5.56 Å². The van der Waals surface area contributed by atoms with Crippen molar-refractivity contribution < 1.29 is 24.2 Å². The Labute approximate surface area is 230 Å². The molecular weight excluding hydrogens is 512 g/mol. The third-order valence-corrected chi connectivity index (χ3v) is 6.61. The number of hydrogen-bond donors (Lipinski definition) is 3. The molecule has 0 saturated heterocycles. The third-order valence-electron chi connectivity index (χ3n) is 6.61. The number of aliphatic carboxylic acids is 1. The second-order valence-corrected chi connectivity index (χ2v) is 9.29. The molecule has 0 aliphatic heterocycles. The maximum absolute atomic E-state index is 13.1. The molecule has 0 spiro atoms. The van der Waals surface area contributed by atoms with E-state index in [4.69, 9.17) is 4.74 Å². The summed E-state index contributed by atoms with van der Waals surface area (Å²) in [7, 11) is 3.19. The minimum atomic E-state index is -1.15. The predicted molar refractivity (Wildman–Crippen MR) is 150 cm³/mol. The normalized spacial score (nSPS) is 12.3. The number of hydrogen-bond acceptors (Lipinski definition) is 5. The number of anilines is 1. The quantitative estimate of drug-likeness (QED) is 0.292. The summed E-state index contributed by atoms with van der Waals surface area (Å²) in [5.74, 6) is -1.48. The Morgan fingerprint density at radius 2 is 1.48 bits per heavy atom. The van der Waals surface area contributed by atoms with Crippen molar-refractivity contribution in [3.63, 3.8) is 0 Å². The summed E-state index contributed by atoms with van der Waals surface area (Å²) < 4.78 is 8.34. The van der Waals surface area contributed by atoms with Crippen LogP contribution in [0.5, 0.6) is 0 Å². The molecule has 0 saturated carbocycles. The van der Waals surface area contributed by atoms with Crippen LogP contribution < -0.4 is 16.2 Å². The minimum Gasteiger partial charge on any atom is -0.480 e. The number of nitrogens with zero attached hydrogens (tertiary/aromatic N) is 2. The molecular formula is C30H30N4O6. The fourth-order valence-electron chi connectivity index (χ4n) is 4.27. The summed E-state index contributed by atoms with van der Waals surface area (Å²) in [5, 5.41) is 14.8. The van der Waals surface area contributed by atoms with Crippen LogP contribution in [0.15, 0.2) is 89.7 Å². The lowest BCUT2D eigenvalue weighted by Gasteiger charge is -2.16. The number of carboxylic acids is 1. The van der Waals surface area contributed by atoms with Gasteiger partial charge in [-0.05, 0) is 35.7 Å². The first kappa shape index (κ1) is 27.9. The molecule has 2 unspecified atom stereocenters. The average molecular weight is 543 g/mol. The van der Waals surface area contributed by atoms with E-state index >= 15 is 0 Å². The van der Waals surface area contributed by atoms with Crippen molar-refractivity contribution in [3.8, 4) is 11.1 Å². The summed E-state index contributed by atoms with van der Waals surface area (Å²) in [6.07, 6.45) is -1.11. The molecule has 2 amide bonds. The van der Waals surface area contributed by atoms with Crippen LogP contribution in [-0.2, 0) is 30.0 Å². The molecule has 2 atom stereocenters. The number of carbonyl (C=O) groups is 3. The van der Waals surface area contributed by atoms with Gasteiger partial charge in [0.2, 0.25) is 0 Å². The van der Waals surface area contributed by atoms with Crippen molar-refractivity contribution in [3.05, 3.63) is 112 Å². The number of amides is 2. The first-order valence-electron chi connectivity index (χ1n) is 12.6. The highest BCUT2D eigenvalue weighted by Crippen LogP contribution is 2.26. The average Bonchev–Trinajstić information content (AvgIpc) is 3.16. The number of benzene rings is 3. The smallest absolute Gasteiger partial charge is 0.413 e. The number of ether oxygens (including phenoxy) is 1. The molecule has 1 aromatic heterocycles. The van der Waals surface area contributed by atoms with Gasteiger partial charge in [0.1, 0.15) is 18.0 Å². The van der Waals surface area contributed by atoms with Crippen LogP contribution in [0.3, 0.4) is 0 Å². The lowest BCUT2D eigenvalue weighted by molar-refractivity contribution is -0.139. The molecule has 0 aliphatic rings. The molecule has 4 aromatic rings. The van der Waals surface area contributed by atoms with Gasteiger partial charge in [-0.3, -0.25) is 24.3 Å². The Morgan fingerprint density at radius 1 is 0.875 bits per heavy atom. The predicted octanol–water partition coefficient (Wildman–Crippen LogP) is 4.13. The topological polar surface area (TPSA) is 132 Å². The highest BCUT2D eigenvalue weighted by Gasteiger charge is 2.23. The van der Waals surface area contributed by atoms with E-state index in [9.17, 15) is 24.3 Å². The van der Waals surface area contributed by atoms with E-state index in [1.807, 2.05) is 36.4 Å². The molecule has 10 nitrogen and oxygen atoms in total. The molecule has 206 valence electrons. The van der Waals surface area contributed by atoms with Gasteiger partial charge in [0.05, 0.1) is 5.56 Å². The minimum absolute atomic E-state index is 0.133. The largest absolute Gasteiger partial charge is 0.480 e. The first-order valence-corrected chi connectivity index (χ1v) is 12.6. The lowest BCUT2D eigenvalue weighted by atomic mass is 10.0. The van der Waals surface area contributed by atoms with Gasteiger partial charge in [0.15, 0.2) is 0 Å². The van der Waals surface area contributed by atoms with Crippen LogP contribution in [0, 0.1) is 0 Å². The van der Waals surface area contributed by atoms with E-state index in [1.54, 1.807) is 57.4 Å². The molecule has 3 aromatic carbocycles. The fraction of sp³-hybridized carbons (Fsp3) is 0.200. The SMILES string of the molecule is CC(OC(=O)Nc1c(-c2ccc(C(=O)NC(Cc3ccccc3)C(=O)O)cc2)c(=O)n(C)n1C)c1ccccc1. The highest BCUT2D eigenvalue weighted by atomic mass is 16.6. The van der Waals surface area contributed by atoms with E-state index in [2.05, 4.69) is 10.6 Å². The summed E-state index contributed by atoms with van der Waals surface area (Å²) in [5.41, 5.74) is 2.14. The van der Waals surface area contributed by atoms with Gasteiger partial charge in [0.25, 0.3) is 11.5 Å². The monoisotopic (exact) mass is 542 g/mol. The van der Waals surface area contributed by atoms with Gasteiger partial charge in [-0.1, -0.05) is 72.8 Å². The van der Waals surface area contributed by atoms with Crippen LogP contribution in [0.1, 0.15) is 34.5 Å². The lowest BCUT2D eigenvalue weighted by Crippen LogP contribution is -2.42. The zero-order chi connectivity index (χ0) is 28.8. The van der Waals surface area contributed by atoms with Gasteiger partial charge in [0, 0.05) is 26.1 Å². The number of aromatic nitrogens is 2. The molecule has 40 heavy (non-hydrogen) atoms. The zero-order valence-electron chi connectivity index (χ0n) is 22.3. The van der Waals surface area contributed by atoms with Gasteiger partial charge in [-0.2, -0.15) is 0 Å². The van der Waals surface area contributed by atoms with Crippen molar-refractivity contribution in [2.75, 3.05) is 5.32 Å². The van der Waals surface area contributed by atoms with Gasteiger partial charge in [-0.25, -0.2) is 9.59 Å². The Hall–Kier alpha value is -5.12. The fourth-order valence-corrected chi connectivity index (χ4v) is 4.27. The van der Waals surface area contributed by atoms with Gasteiger partial charge in [-0.15, -0.1) is 0 Å². The Balaban J connectivity index is 1.51. The van der Waals surface area contributed by atoms with Gasteiger partial charge >= 0.3 is 12.1 Å². The zero-order valence-corrected chi connectivity index (χ0v) is 22.3. The van der Waals surface area contributed by atoms with Gasteiger partial charge < -0.3 is 15.2 Å². The third kappa shape index (κ3) is 6.29. The van der Waals surface area contributed by atoms with Crippen molar-refractivity contribution >= 4 is 23.8 Å². The molecule has 4 rings (SSSR count). The molecule has 0 radical (unpaired) electrons. The van der Waals surface area contributed by atoms with E-state index < -0.39 is 30.1 Å². The molecule has 3 N–H and O–H groups in total. The summed E-state index contributed by atoms with van der Waals surface area (Å²) >= 11 is 0. The maximum Gasteiger partial charge on any atom is 0.413 e. The van der Waals surface area contributed by atoms with Crippen LogP contribution in [0.25, 0.3) is 11.1 Å². The second kappa shape index (κ2) is 12.2. The summed E-state index contributed by atoms with van der Waals surface area (Å²) in [4.78, 5) is 50.4. The van der Waals surface area contributed by atoms with E-state index in [1.165, 1.54) is 21.5 Å². The van der Waals surface area contributed by atoms with Crippen molar-refractivity contribution in [2.24, 2.45) is 14.1 Å². The maximum atomic E-state index is 13.1. The second-order valence-electron chi connectivity index (χ2n) is 9.29. The molecule has 10 heteroatoms. The van der Waals surface area contributed by atoms with E-state index in [0.717, 1.165) is 11.1 Å². The van der Waals surface area contributed by atoms with Crippen LogP contribution in [0.2, 0.25) is 0 Å². The number of rotatable bonds is 9. The Kier molecular flexibility index (Phi) is 8.48. The van der Waals surface area contributed by atoms with Crippen LogP contribution in [0.4, 0.5) is 10.6 Å². The highest BCUT2D eigenvalue weighted by molar-refractivity contribution is 5.97. The van der Waals surface area contributed by atoms with Crippen LogP contribution >= 0.6 is 0 Å². The van der Waals surface area contributed by atoms with Crippen molar-refractivity contribution in [1.82, 2.24) is 14.7 Å². The summed E-state index contributed by atoms with van der Waals surface area (Å²) in [6.45, 7) is 1.75. The summed E-state index contributed by atoms with van der Waals surface area (Å²) in [6, 6.07) is 23.3.